The maximum absolute atomic E-state index is 12.1. The van der Waals surface area contributed by atoms with Crippen LogP contribution in [0.4, 0.5) is 0 Å². The smallest absolute Gasteiger partial charge is 0.305 e. The third kappa shape index (κ3) is 4.98. The van der Waals surface area contributed by atoms with Crippen molar-refractivity contribution in [1.82, 2.24) is 4.90 Å². The van der Waals surface area contributed by atoms with Crippen molar-refractivity contribution < 1.29 is 19.1 Å². The predicted molar refractivity (Wildman–Crippen MR) is 87.1 cm³/mol. The van der Waals surface area contributed by atoms with E-state index in [0.717, 1.165) is 30.6 Å². The molecular weight excluding hydrogens is 294 g/mol. The fourth-order valence-electron chi connectivity index (χ4n) is 2.95. The lowest BCUT2D eigenvalue weighted by Gasteiger charge is -2.25. The summed E-state index contributed by atoms with van der Waals surface area (Å²) in [5.74, 6) is 0.855. The molecule has 0 saturated carbocycles. The first-order valence-electron chi connectivity index (χ1n) is 8.22. The van der Waals surface area contributed by atoms with Gasteiger partial charge in [0.25, 0.3) is 0 Å². The number of carbonyl (C=O) groups is 2. The molecule has 0 bridgehead atoms. The molecule has 1 heterocycles. The molecular formula is C18H25NO4. The summed E-state index contributed by atoms with van der Waals surface area (Å²) in [7, 11) is 1.64. The molecule has 23 heavy (non-hydrogen) atoms. The zero-order chi connectivity index (χ0) is 16.7. The van der Waals surface area contributed by atoms with Crippen molar-refractivity contribution in [3.63, 3.8) is 0 Å². The van der Waals surface area contributed by atoms with E-state index in [4.69, 9.17) is 9.47 Å². The SMILES string of the molecule is CCOC(=O)CCC[C@@H]1CCC(=O)N1Cc1ccc(OC)cc1. The normalized spacial score (nSPS) is 17.4. The fourth-order valence-corrected chi connectivity index (χ4v) is 2.95. The van der Waals surface area contributed by atoms with Crippen molar-refractivity contribution in [3.05, 3.63) is 29.8 Å². The third-order valence-corrected chi connectivity index (χ3v) is 4.19. The van der Waals surface area contributed by atoms with Crippen LogP contribution in [0.5, 0.6) is 5.75 Å². The molecule has 126 valence electrons. The van der Waals surface area contributed by atoms with Gasteiger partial charge in [0.1, 0.15) is 5.75 Å². The average molecular weight is 319 g/mol. The lowest BCUT2D eigenvalue weighted by Crippen LogP contribution is -2.32. The maximum Gasteiger partial charge on any atom is 0.305 e. The van der Waals surface area contributed by atoms with Crippen molar-refractivity contribution in [3.8, 4) is 5.75 Å². The second kappa shape index (κ2) is 8.56. The van der Waals surface area contributed by atoms with Gasteiger partial charge < -0.3 is 14.4 Å². The lowest BCUT2D eigenvalue weighted by atomic mass is 10.1. The fraction of sp³-hybridized carbons (Fsp3) is 0.556. The number of methoxy groups -OCH3 is 1. The van der Waals surface area contributed by atoms with E-state index in [-0.39, 0.29) is 17.9 Å². The molecule has 1 aliphatic rings. The molecule has 0 aliphatic carbocycles. The van der Waals surface area contributed by atoms with E-state index in [9.17, 15) is 9.59 Å². The number of likely N-dealkylation sites (tertiary alicyclic amines) is 1. The highest BCUT2D eigenvalue weighted by Gasteiger charge is 2.30. The standard InChI is InChI=1S/C18H25NO4/c1-3-23-18(21)6-4-5-15-9-12-17(20)19(15)13-14-7-10-16(22-2)11-8-14/h7-8,10-11,15H,3-6,9,12-13H2,1-2H3/t15-/m1/s1. The van der Waals surface area contributed by atoms with E-state index < -0.39 is 0 Å². The highest BCUT2D eigenvalue weighted by molar-refractivity contribution is 5.78. The molecule has 0 N–H and O–H groups in total. The Morgan fingerprint density at radius 1 is 1.30 bits per heavy atom. The molecule has 0 spiro atoms. The Kier molecular flexibility index (Phi) is 6.44. The van der Waals surface area contributed by atoms with Crippen molar-refractivity contribution in [1.29, 1.82) is 0 Å². The van der Waals surface area contributed by atoms with E-state index >= 15 is 0 Å². The van der Waals surface area contributed by atoms with E-state index in [1.807, 2.05) is 36.1 Å². The van der Waals surface area contributed by atoms with Gasteiger partial charge in [-0.3, -0.25) is 9.59 Å². The Hall–Kier alpha value is -2.04. The summed E-state index contributed by atoms with van der Waals surface area (Å²) in [5.41, 5.74) is 1.09. The number of hydrogen-bond donors (Lipinski definition) is 0. The van der Waals surface area contributed by atoms with Gasteiger partial charge in [0.15, 0.2) is 0 Å². The van der Waals surface area contributed by atoms with Crippen LogP contribution in [0.3, 0.4) is 0 Å². The number of amides is 1. The molecule has 1 aromatic rings. The topological polar surface area (TPSA) is 55.8 Å². The number of ether oxygens (including phenoxy) is 2. The van der Waals surface area contributed by atoms with Crippen molar-refractivity contribution >= 4 is 11.9 Å². The molecule has 0 aromatic heterocycles. The predicted octanol–water partition coefficient (Wildman–Crippen LogP) is 2.92. The minimum atomic E-state index is -0.154. The molecule has 5 heteroatoms. The van der Waals surface area contributed by atoms with Crippen LogP contribution in [-0.2, 0) is 20.9 Å². The maximum atomic E-state index is 12.1. The molecule has 2 rings (SSSR count). The Bertz CT molecular complexity index is 526. The van der Waals surface area contributed by atoms with Crippen LogP contribution in [-0.4, -0.2) is 36.5 Å². The average Bonchev–Trinajstić information content (AvgIpc) is 2.89. The summed E-state index contributed by atoms with van der Waals surface area (Å²) in [6.07, 6.45) is 3.50. The van der Waals surface area contributed by atoms with E-state index in [2.05, 4.69) is 0 Å². The largest absolute Gasteiger partial charge is 0.497 e. The van der Waals surface area contributed by atoms with E-state index in [1.165, 1.54) is 0 Å². The molecule has 1 fully saturated rings. The summed E-state index contributed by atoms with van der Waals surface area (Å²) < 4.78 is 10.1. The van der Waals surface area contributed by atoms with Gasteiger partial charge >= 0.3 is 5.97 Å². The lowest BCUT2D eigenvalue weighted by molar-refractivity contribution is -0.143. The molecule has 0 radical (unpaired) electrons. The number of hydrogen-bond acceptors (Lipinski definition) is 4. The third-order valence-electron chi connectivity index (χ3n) is 4.19. The van der Waals surface area contributed by atoms with Gasteiger partial charge in [-0.15, -0.1) is 0 Å². The van der Waals surface area contributed by atoms with Crippen LogP contribution in [0.2, 0.25) is 0 Å². The van der Waals surface area contributed by atoms with Gasteiger partial charge in [-0.05, 0) is 43.9 Å². The van der Waals surface area contributed by atoms with Crippen LogP contribution >= 0.6 is 0 Å². The van der Waals surface area contributed by atoms with Gasteiger partial charge in [0.05, 0.1) is 13.7 Å². The highest BCUT2D eigenvalue weighted by Crippen LogP contribution is 2.26. The first-order chi connectivity index (χ1) is 11.1. The molecule has 5 nitrogen and oxygen atoms in total. The molecule has 0 unspecified atom stereocenters. The Balaban J connectivity index is 1.87. The molecule has 1 atom stereocenters. The Morgan fingerprint density at radius 2 is 2.04 bits per heavy atom. The quantitative estimate of drug-likeness (QED) is 0.691. The second-order valence-corrected chi connectivity index (χ2v) is 5.76. The number of esters is 1. The van der Waals surface area contributed by atoms with E-state index in [1.54, 1.807) is 7.11 Å². The number of nitrogens with zero attached hydrogens (tertiary/aromatic N) is 1. The van der Waals surface area contributed by atoms with E-state index in [0.29, 0.717) is 26.0 Å². The number of carbonyl (C=O) groups excluding carboxylic acids is 2. The number of benzene rings is 1. The first kappa shape index (κ1) is 17.3. The van der Waals surface area contributed by atoms with Crippen molar-refractivity contribution in [2.24, 2.45) is 0 Å². The van der Waals surface area contributed by atoms with Crippen molar-refractivity contribution in [2.45, 2.75) is 51.6 Å². The van der Waals surface area contributed by atoms with Crippen LogP contribution < -0.4 is 4.74 Å². The van der Waals surface area contributed by atoms with Crippen LogP contribution in [0.1, 0.15) is 44.6 Å². The Labute approximate surface area is 137 Å². The molecule has 1 amide bonds. The van der Waals surface area contributed by atoms with Crippen molar-refractivity contribution in [2.75, 3.05) is 13.7 Å². The molecule has 1 aliphatic heterocycles. The van der Waals surface area contributed by atoms with Gasteiger partial charge in [0, 0.05) is 25.4 Å². The molecule has 1 saturated heterocycles. The summed E-state index contributed by atoms with van der Waals surface area (Å²) in [6.45, 7) is 2.85. The summed E-state index contributed by atoms with van der Waals surface area (Å²) >= 11 is 0. The number of rotatable bonds is 8. The highest BCUT2D eigenvalue weighted by atomic mass is 16.5. The minimum absolute atomic E-state index is 0.154. The summed E-state index contributed by atoms with van der Waals surface area (Å²) in [5, 5.41) is 0. The zero-order valence-electron chi connectivity index (χ0n) is 13.9. The minimum Gasteiger partial charge on any atom is -0.497 e. The van der Waals surface area contributed by atoms with Gasteiger partial charge in [0.2, 0.25) is 5.91 Å². The Morgan fingerprint density at radius 3 is 2.70 bits per heavy atom. The summed E-state index contributed by atoms with van der Waals surface area (Å²) in [6, 6.07) is 8.01. The molecule has 1 aromatic carbocycles. The monoisotopic (exact) mass is 319 g/mol. The zero-order valence-corrected chi connectivity index (χ0v) is 13.9. The van der Waals surface area contributed by atoms with Crippen LogP contribution in [0, 0.1) is 0 Å². The van der Waals surface area contributed by atoms with Gasteiger partial charge in [-0.1, -0.05) is 12.1 Å². The van der Waals surface area contributed by atoms with Gasteiger partial charge in [-0.2, -0.15) is 0 Å². The van der Waals surface area contributed by atoms with Gasteiger partial charge in [-0.25, -0.2) is 0 Å². The second-order valence-electron chi connectivity index (χ2n) is 5.76. The first-order valence-corrected chi connectivity index (χ1v) is 8.22. The summed E-state index contributed by atoms with van der Waals surface area (Å²) in [4.78, 5) is 25.5. The van der Waals surface area contributed by atoms with Crippen LogP contribution in [0.25, 0.3) is 0 Å². The van der Waals surface area contributed by atoms with Crippen LogP contribution in [0.15, 0.2) is 24.3 Å².